The van der Waals surface area contributed by atoms with Crippen molar-refractivity contribution in [2.45, 2.75) is 25.9 Å². The molecule has 0 saturated carbocycles. The number of carbonyl (C=O) groups excluding carboxylic acids is 1. The molecule has 0 radical (unpaired) electrons. The molecule has 2 aromatic carbocycles. The fraction of sp³-hybridized carbons (Fsp3) is 0.167. The molecule has 1 amide bonds. The van der Waals surface area contributed by atoms with E-state index in [1.807, 2.05) is 29.6 Å². The van der Waals surface area contributed by atoms with E-state index < -0.39 is 0 Å². The quantitative estimate of drug-likeness (QED) is 0.382. The summed E-state index contributed by atoms with van der Waals surface area (Å²) in [6.07, 6.45) is 0.488. The molecule has 6 nitrogen and oxygen atoms in total. The largest absolute Gasteiger partial charge is 0.339 e. The second-order valence-electron chi connectivity index (χ2n) is 7.18. The van der Waals surface area contributed by atoms with Gasteiger partial charge in [-0.2, -0.15) is 10.2 Å². The first kappa shape index (κ1) is 21.4. The Bertz CT molecular complexity index is 1230. The molecule has 0 saturated heterocycles. The molecule has 2 heterocycles. The smallest absolute Gasteiger partial charge is 0.227 e. The van der Waals surface area contributed by atoms with E-state index in [2.05, 4.69) is 16.2 Å². The topological polar surface area (TPSA) is 83.0 Å². The summed E-state index contributed by atoms with van der Waals surface area (Å²) in [7, 11) is 0. The fourth-order valence-electron chi connectivity index (χ4n) is 3.23. The number of amides is 1. The van der Waals surface area contributed by atoms with Gasteiger partial charge in [-0.1, -0.05) is 35.5 Å². The number of halogens is 1. The molecular weight excluding hydrogens is 427 g/mol. The molecular formula is C24H19FN4O2S. The van der Waals surface area contributed by atoms with E-state index in [1.165, 1.54) is 23.5 Å². The minimum absolute atomic E-state index is 0.116. The Morgan fingerprint density at radius 1 is 1.09 bits per heavy atom. The van der Waals surface area contributed by atoms with Crippen molar-refractivity contribution in [3.05, 3.63) is 94.4 Å². The lowest BCUT2D eigenvalue weighted by Gasteiger charge is -2.23. The highest BCUT2D eigenvalue weighted by Crippen LogP contribution is 2.22. The minimum Gasteiger partial charge on any atom is -0.339 e. The number of aromatic nitrogens is 2. The van der Waals surface area contributed by atoms with Gasteiger partial charge >= 0.3 is 0 Å². The maximum absolute atomic E-state index is 13.7. The molecule has 0 spiro atoms. The molecule has 2 aromatic heterocycles. The van der Waals surface area contributed by atoms with Crippen LogP contribution in [0.5, 0.6) is 0 Å². The average Bonchev–Trinajstić information content (AvgIpc) is 3.49. The Balaban J connectivity index is 1.46. The van der Waals surface area contributed by atoms with Crippen molar-refractivity contribution in [2.75, 3.05) is 0 Å². The molecule has 0 N–H and O–H groups in total. The van der Waals surface area contributed by atoms with Crippen LogP contribution in [-0.2, 0) is 24.3 Å². The summed E-state index contributed by atoms with van der Waals surface area (Å²) >= 11 is 1.51. The number of carbonyl (C=O) groups is 1. The normalized spacial score (nSPS) is 10.6. The summed E-state index contributed by atoms with van der Waals surface area (Å²) in [5.74, 6) is 0.442. The SMILES string of the molecule is N#Cc1ccc(CN(Cc2cccc(F)c2)C(=O)CCc2nc(-c3cccs3)no2)cc1. The average molecular weight is 447 g/mol. The predicted molar refractivity (Wildman–Crippen MR) is 118 cm³/mol. The van der Waals surface area contributed by atoms with Gasteiger partial charge in [0.15, 0.2) is 0 Å². The number of aryl methyl sites for hydroxylation is 1. The van der Waals surface area contributed by atoms with E-state index in [4.69, 9.17) is 9.78 Å². The van der Waals surface area contributed by atoms with E-state index >= 15 is 0 Å². The lowest BCUT2D eigenvalue weighted by molar-refractivity contribution is -0.132. The Morgan fingerprint density at radius 2 is 1.91 bits per heavy atom. The number of benzene rings is 2. The van der Waals surface area contributed by atoms with Gasteiger partial charge in [-0.15, -0.1) is 11.3 Å². The molecule has 32 heavy (non-hydrogen) atoms. The summed E-state index contributed by atoms with van der Waals surface area (Å²) in [5.41, 5.74) is 2.13. The molecule has 0 aliphatic rings. The second-order valence-corrected chi connectivity index (χ2v) is 8.13. The Morgan fingerprint density at radius 3 is 2.62 bits per heavy atom. The van der Waals surface area contributed by atoms with Crippen LogP contribution in [0.2, 0.25) is 0 Å². The lowest BCUT2D eigenvalue weighted by Crippen LogP contribution is -2.30. The second kappa shape index (κ2) is 9.98. The van der Waals surface area contributed by atoms with Gasteiger partial charge < -0.3 is 9.42 Å². The summed E-state index contributed by atoms with van der Waals surface area (Å²) in [6.45, 7) is 0.603. The van der Waals surface area contributed by atoms with Gasteiger partial charge in [0.05, 0.1) is 16.5 Å². The molecule has 4 rings (SSSR count). The van der Waals surface area contributed by atoms with E-state index in [1.54, 1.807) is 29.2 Å². The van der Waals surface area contributed by atoms with Crippen LogP contribution in [0.1, 0.15) is 29.0 Å². The van der Waals surface area contributed by atoms with Gasteiger partial charge in [0.2, 0.25) is 17.6 Å². The van der Waals surface area contributed by atoms with E-state index in [0.717, 1.165) is 10.4 Å². The zero-order valence-electron chi connectivity index (χ0n) is 17.1. The molecule has 0 aliphatic heterocycles. The van der Waals surface area contributed by atoms with Crippen molar-refractivity contribution in [1.82, 2.24) is 15.0 Å². The van der Waals surface area contributed by atoms with Gasteiger partial charge in [0.1, 0.15) is 5.82 Å². The Labute approximate surface area is 188 Å². The van der Waals surface area contributed by atoms with Crippen LogP contribution in [0.4, 0.5) is 4.39 Å². The van der Waals surface area contributed by atoms with Crippen LogP contribution in [-0.4, -0.2) is 20.9 Å². The number of nitrogens with zero attached hydrogens (tertiary/aromatic N) is 4. The first-order valence-corrected chi connectivity index (χ1v) is 10.9. The van der Waals surface area contributed by atoms with Gasteiger partial charge in [-0.05, 0) is 46.8 Å². The van der Waals surface area contributed by atoms with Crippen LogP contribution < -0.4 is 0 Å². The van der Waals surface area contributed by atoms with Crippen LogP contribution in [0.15, 0.2) is 70.6 Å². The molecule has 0 bridgehead atoms. The molecule has 160 valence electrons. The van der Waals surface area contributed by atoms with Crippen molar-refractivity contribution in [1.29, 1.82) is 5.26 Å². The summed E-state index contributed by atoms with van der Waals surface area (Å²) in [6, 6.07) is 19.2. The highest BCUT2D eigenvalue weighted by molar-refractivity contribution is 7.13. The lowest BCUT2D eigenvalue weighted by atomic mass is 10.1. The van der Waals surface area contributed by atoms with Crippen LogP contribution in [0, 0.1) is 17.1 Å². The zero-order chi connectivity index (χ0) is 22.3. The molecule has 0 atom stereocenters. The number of nitriles is 1. The highest BCUT2D eigenvalue weighted by Gasteiger charge is 2.17. The first-order chi connectivity index (χ1) is 15.6. The number of thiophene rings is 1. The van der Waals surface area contributed by atoms with Crippen LogP contribution in [0.3, 0.4) is 0 Å². The van der Waals surface area contributed by atoms with E-state index in [9.17, 15) is 9.18 Å². The summed E-state index contributed by atoms with van der Waals surface area (Å²) in [4.78, 5) is 20.0. The first-order valence-electron chi connectivity index (χ1n) is 9.98. The van der Waals surface area contributed by atoms with Gasteiger partial charge in [-0.3, -0.25) is 4.79 Å². The fourth-order valence-corrected chi connectivity index (χ4v) is 3.88. The summed E-state index contributed by atoms with van der Waals surface area (Å²) in [5, 5.41) is 14.9. The molecule has 0 unspecified atom stereocenters. The van der Waals surface area contributed by atoms with Crippen molar-refractivity contribution in [3.8, 4) is 16.8 Å². The third kappa shape index (κ3) is 5.45. The van der Waals surface area contributed by atoms with E-state index in [0.29, 0.717) is 35.8 Å². The van der Waals surface area contributed by atoms with Crippen molar-refractivity contribution in [2.24, 2.45) is 0 Å². The highest BCUT2D eigenvalue weighted by atomic mass is 32.1. The van der Waals surface area contributed by atoms with Crippen molar-refractivity contribution >= 4 is 17.2 Å². The van der Waals surface area contributed by atoms with Gasteiger partial charge in [-0.25, -0.2) is 4.39 Å². The third-order valence-electron chi connectivity index (χ3n) is 4.83. The van der Waals surface area contributed by atoms with Crippen LogP contribution >= 0.6 is 11.3 Å². The minimum atomic E-state index is -0.347. The van der Waals surface area contributed by atoms with Crippen molar-refractivity contribution < 1.29 is 13.7 Å². The maximum Gasteiger partial charge on any atom is 0.227 e. The third-order valence-corrected chi connectivity index (χ3v) is 5.70. The standard InChI is InChI=1S/C24H19FN4O2S/c25-20-4-1-3-19(13-20)16-29(15-18-8-6-17(14-26)7-9-18)23(30)11-10-22-27-24(28-31-22)21-5-2-12-32-21/h1-9,12-13H,10-11,15-16H2. The Kier molecular flexibility index (Phi) is 6.68. The van der Waals surface area contributed by atoms with Crippen LogP contribution in [0.25, 0.3) is 10.7 Å². The number of rotatable bonds is 8. The molecule has 0 fully saturated rings. The zero-order valence-corrected chi connectivity index (χ0v) is 17.9. The monoisotopic (exact) mass is 446 g/mol. The van der Waals surface area contributed by atoms with Gasteiger partial charge in [0, 0.05) is 25.9 Å². The Hall–Kier alpha value is -3.83. The maximum atomic E-state index is 13.7. The van der Waals surface area contributed by atoms with Gasteiger partial charge in [0.25, 0.3) is 0 Å². The molecule has 4 aromatic rings. The van der Waals surface area contributed by atoms with E-state index in [-0.39, 0.29) is 24.7 Å². The summed E-state index contributed by atoms with van der Waals surface area (Å²) < 4.78 is 18.9. The predicted octanol–water partition coefficient (Wildman–Crippen LogP) is 4.97. The molecule has 8 heteroatoms. The molecule has 0 aliphatic carbocycles. The van der Waals surface area contributed by atoms with Crippen molar-refractivity contribution in [3.63, 3.8) is 0 Å². The number of hydrogen-bond donors (Lipinski definition) is 0. The number of hydrogen-bond acceptors (Lipinski definition) is 6.